The van der Waals surface area contributed by atoms with Crippen molar-refractivity contribution in [1.82, 2.24) is 9.97 Å². The molecule has 3 aromatic rings. The van der Waals surface area contributed by atoms with Gasteiger partial charge in [-0.15, -0.1) is 0 Å². The highest BCUT2D eigenvalue weighted by molar-refractivity contribution is 6.25. The molecule has 2 aromatic heterocycles. The van der Waals surface area contributed by atoms with Gasteiger partial charge in [-0.05, 0) is 53.8 Å². The van der Waals surface area contributed by atoms with Crippen LogP contribution in [0.2, 0.25) is 0 Å². The van der Waals surface area contributed by atoms with Crippen molar-refractivity contribution < 1.29 is 18.0 Å². The van der Waals surface area contributed by atoms with Crippen LogP contribution in [0.1, 0.15) is 30.7 Å². The molecule has 0 saturated heterocycles. The van der Waals surface area contributed by atoms with Gasteiger partial charge in [0.15, 0.2) is 0 Å². The van der Waals surface area contributed by atoms with Crippen LogP contribution in [0.5, 0.6) is 0 Å². The smallest absolute Gasteiger partial charge is 0.397 e. The predicted octanol–water partition coefficient (Wildman–Crippen LogP) is 5.73. The van der Waals surface area contributed by atoms with Crippen molar-refractivity contribution in [3.8, 4) is 11.1 Å². The number of halogens is 3. The second-order valence-electron chi connectivity index (χ2n) is 7.74. The molecule has 2 heterocycles. The molecule has 3 rings (SSSR count). The van der Waals surface area contributed by atoms with E-state index >= 15 is 0 Å². The first-order chi connectivity index (χ1) is 15.0. The zero-order valence-electron chi connectivity index (χ0n) is 17.9. The molecule has 0 radical (unpaired) electrons. The Morgan fingerprint density at radius 2 is 1.84 bits per heavy atom. The quantitative estimate of drug-likeness (QED) is 0.497. The lowest BCUT2D eigenvalue weighted by molar-refractivity contribution is -0.141. The fourth-order valence-corrected chi connectivity index (χ4v) is 3.19. The third kappa shape index (κ3) is 5.51. The summed E-state index contributed by atoms with van der Waals surface area (Å²) in [5, 5.41) is 2.57. The molecule has 0 fully saturated rings. The lowest BCUT2D eigenvalue weighted by Gasteiger charge is -2.15. The number of rotatable bonds is 5. The minimum Gasteiger partial charge on any atom is -0.397 e. The molecule has 0 aliphatic rings. The van der Waals surface area contributed by atoms with Crippen LogP contribution in [-0.2, 0) is 11.0 Å². The van der Waals surface area contributed by atoms with E-state index in [1.54, 1.807) is 24.5 Å². The number of nitrogens with two attached hydrogens (primary N) is 1. The van der Waals surface area contributed by atoms with E-state index in [0.717, 1.165) is 29.0 Å². The Morgan fingerprint density at radius 1 is 1.09 bits per heavy atom. The summed E-state index contributed by atoms with van der Waals surface area (Å²) in [4.78, 5) is 20.6. The standard InChI is InChI=1S/C24H23F3N4O/c1-14(2)8-21(23(32)31-19-6-7-30-22(11-19)24(25,26)27)20-10-16(5-4-15(20)3)17-9-18(28)13-29-12-17/h4-14H,28H2,1-3H3,(H,30,31,32). The molecule has 0 saturated carbocycles. The van der Waals surface area contributed by atoms with E-state index in [2.05, 4.69) is 15.3 Å². The fraction of sp³-hybridized carbons (Fsp3) is 0.208. The largest absolute Gasteiger partial charge is 0.433 e. The molecule has 5 nitrogen and oxygen atoms in total. The average Bonchev–Trinajstić information content (AvgIpc) is 2.72. The maximum absolute atomic E-state index is 13.2. The van der Waals surface area contributed by atoms with Crippen molar-refractivity contribution in [1.29, 1.82) is 0 Å². The van der Waals surface area contributed by atoms with Crippen LogP contribution in [0.25, 0.3) is 16.7 Å². The zero-order valence-corrected chi connectivity index (χ0v) is 17.9. The number of amides is 1. The van der Waals surface area contributed by atoms with E-state index in [0.29, 0.717) is 16.8 Å². The van der Waals surface area contributed by atoms with E-state index in [-0.39, 0.29) is 11.6 Å². The number of nitrogens with zero attached hydrogens (tertiary/aromatic N) is 2. The Bertz CT molecular complexity index is 1170. The van der Waals surface area contributed by atoms with E-state index in [1.807, 2.05) is 39.0 Å². The Balaban J connectivity index is 2.01. The predicted molar refractivity (Wildman–Crippen MR) is 120 cm³/mol. The highest BCUT2D eigenvalue weighted by Crippen LogP contribution is 2.31. The van der Waals surface area contributed by atoms with Crippen LogP contribution in [-0.4, -0.2) is 15.9 Å². The third-order valence-electron chi connectivity index (χ3n) is 4.67. The van der Waals surface area contributed by atoms with Gasteiger partial charge < -0.3 is 11.1 Å². The summed E-state index contributed by atoms with van der Waals surface area (Å²) in [5.41, 5.74) is 8.78. The SMILES string of the molecule is Cc1ccc(-c2cncc(N)c2)cc1C(=CC(C)C)C(=O)Nc1ccnc(C(F)(F)F)c1. The first-order valence-electron chi connectivity index (χ1n) is 9.93. The van der Waals surface area contributed by atoms with E-state index in [1.165, 1.54) is 6.07 Å². The molecule has 3 N–H and O–H groups in total. The Morgan fingerprint density at radius 3 is 2.50 bits per heavy atom. The summed E-state index contributed by atoms with van der Waals surface area (Å²) < 4.78 is 39.0. The fourth-order valence-electron chi connectivity index (χ4n) is 3.19. The van der Waals surface area contributed by atoms with Crippen LogP contribution in [0.3, 0.4) is 0 Å². The Hall–Kier alpha value is -3.68. The number of hydrogen-bond acceptors (Lipinski definition) is 4. The molecule has 32 heavy (non-hydrogen) atoms. The molecule has 0 unspecified atom stereocenters. The molecule has 0 spiro atoms. The number of anilines is 2. The van der Waals surface area contributed by atoms with Crippen molar-refractivity contribution in [3.05, 3.63) is 77.9 Å². The number of benzene rings is 1. The topological polar surface area (TPSA) is 80.9 Å². The Kier molecular flexibility index (Phi) is 6.62. The van der Waals surface area contributed by atoms with Crippen molar-refractivity contribution in [2.45, 2.75) is 26.9 Å². The molecular weight excluding hydrogens is 417 g/mol. The summed E-state index contributed by atoms with van der Waals surface area (Å²) >= 11 is 0. The number of pyridine rings is 2. The zero-order chi connectivity index (χ0) is 23.5. The second-order valence-corrected chi connectivity index (χ2v) is 7.74. The number of alkyl halides is 3. The second kappa shape index (κ2) is 9.21. The number of carbonyl (C=O) groups is 1. The number of aromatic nitrogens is 2. The van der Waals surface area contributed by atoms with Gasteiger partial charge in [0.2, 0.25) is 0 Å². The molecule has 1 amide bonds. The molecule has 1 aromatic carbocycles. The molecular formula is C24H23F3N4O. The number of aryl methyl sites for hydroxylation is 1. The third-order valence-corrected chi connectivity index (χ3v) is 4.67. The summed E-state index contributed by atoms with van der Waals surface area (Å²) in [5.74, 6) is -0.486. The van der Waals surface area contributed by atoms with Crippen LogP contribution in [0.4, 0.5) is 24.5 Å². The van der Waals surface area contributed by atoms with Gasteiger partial charge in [0.25, 0.3) is 5.91 Å². The van der Waals surface area contributed by atoms with Crippen LogP contribution < -0.4 is 11.1 Å². The normalized spacial score (nSPS) is 12.2. The average molecular weight is 440 g/mol. The highest BCUT2D eigenvalue weighted by atomic mass is 19.4. The van der Waals surface area contributed by atoms with Gasteiger partial charge in [0, 0.05) is 35.4 Å². The maximum atomic E-state index is 13.2. The maximum Gasteiger partial charge on any atom is 0.433 e. The van der Waals surface area contributed by atoms with Crippen LogP contribution in [0, 0.1) is 12.8 Å². The number of nitrogen functional groups attached to an aromatic ring is 1. The lowest BCUT2D eigenvalue weighted by atomic mass is 9.93. The number of carbonyl (C=O) groups excluding carboxylic acids is 1. The number of nitrogens with one attached hydrogen (secondary N) is 1. The summed E-state index contributed by atoms with van der Waals surface area (Å²) in [6.45, 7) is 5.71. The van der Waals surface area contributed by atoms with Gasteiger partial charge in [-0.1, -0.05) is 32.1 Å². The molecule has 166 valence electrons. The Labute approximate surface area is 184 Å². The first-order valence-corrected chi connectivity index (χ1v) is 9.93. The van der Waals surface area contributed by atoms with E-state index < -0.39 is 17.8 Å². The summed E-state index contributed by atoms with van der Waals surface area (Å²) in [7, 11) is 0. The van der Waals surface area contributed by atoms with Crippen LogP contribution in [0.15, 0.2) is 61.1 Å². The van der Waals surface area contributed by atoms with E-state index in [4.69, 9.17) is 5.73 Å². The van der Waals surface area contributed by atoms with Crippen LogP contribution >= 0.6 is 0 Å². The number of hydrogen-bond donors (Lipinski definition) is 2. The van der Waals surface area contributed by atoms with Crippen molar-refractivity contribution in [2.24, 2.45) is 5.92 Å². The van der Waals surface area contributed by atoms with Gasteiger partial charge in [0.1, 0.15) is 5.69 Å². The monoisotopic (exact) mass is 440 g/mol. The minimum atomic E-state index is -4.60. The van der Waals surface area contributed by atoms with Crippen molar-refractivity contribution >= 4 is 22.9 Å². The molecule has 8 heteroatoms. The van der Waals surface area contributed by atoms with Crippen molar-refractivity contribution in [2.75, 3.05) is 11.1 Å². The molecule has 0 bridgehead atoms. The summed E-state index contributed by atoms with van der Waals surface area (Å²) in [6.07, 6.45) is 1.41. The van der Waals surface area contributed by atoms with Gasteiger partial charge in [0.05, 0.1) is 5.69 Å². The molecule has 0 atom stereocenters. The highest BCUT2D eigenvalue weighted by Gasteiger charge is 2.32. The molecule has 0 aliphatic carbocycles. The first kappa shape index (κ1) is 23.0. The number of allylic oxidation sites excluding steroid dienone is 1. The van der Waals surface area contributed by atoms with Gasteiger partial charge in [-0.3, -0.25) is 14.8 Å². The summed E-state index contributed by atoms with van der Waals surface area (Å²) in [6, 6.07) is 9.55. The van der Waals surface area contributed by atoms with Gasteiger partial charge in [-0.25, -0.2) is 0 Å². The lowest BCUT2D eigenvalue weighted by Crippen LogP contribution is -2.16. The van der Waals surface area contributed by atoms with Gasteiger partial charge in [-0.2, -0.15) is 13.2 Å². The van der Waals surface area contributed by atoms with Crippen molar-refractivity contribution in [3.63, 3.8) is 0 Å². The molecule has 0 aliphatic heterocycles. The minimum absolute atomic E-state index is 0.0146. The van der Waals surface area contributed by atoms with E-state index in [9.17, 15) is 18.0 Å². The van der Waals surface area contributed by atoms with Gasteiger partial charge >= 0.3 is 6.18 Å².